The number of benzene rings is 3. The van der Waals surface area contributed by atoms with Crippen LogP contribution in [-0.4, -0.2) is 29.8 Å². The summed E-state index contributed by atoms with van der Waals surface area (Å²) >= 11 is 6.78. The average molecular weight is 647 g/mol. The molecule has 0 unspecified atom stereocenters. The maximum absolute atomic E-state index is 12.8. The molecule has 38 heavy (non-hydrogen) atoms. The van der Waals surface area contributed by atoms with Crippen molar-refractivity contribution >= 4 is 60.9 Å². The van der Waals surface area contributed by atoms with Crippen molar-refractivity contribution in [2.45, 2.75) is 32.0 Å². The van der Waals surface area contributed by atoms with E-state index in [1.165, 1.54) is 6.08 Å². The second-order valence-corrected chi connectivity index (χ2v) is 9.96. The smallest absolute Gasteiger partial charge is 0.412 e. The number of nitrogen functional groups attached to an aromatic ring is 1. The number of amides is 2. The summed E-state index contributed by atoms with van der Waals surface area (Å²) in [5, 5.41) is 16.2. The molecule has 10 heteroatoms. The Kier molecular flexibility index (Phi) is 11.2. The Hall–Kier alpha value is -3.34. The first-order chi connectivity index (χ1) is 18.3. The minimum atomic E-state index is -0.946. The van der Waals surface area contributed by atoms with E-state index >= 15 is 0 Å². The highest BCUT2D eigenvalue weighted by molar-refractivity contribution is 9.11. The van der Waals surface area contributed by atoms with Gasteiger partial charge in [0.1, 0.15) is 5.75 Å². The maximum Gasteiger partial charge on any atom is 0.412 e. The molecule has 2 amide bonds. The largest absolute Gasteiger partial charge is 0.506 e. The third-order valence-corrected chi connectivity index (χ3v) is 6.50. The molecule has 3 aromatic carbocycles. The van der Waals surface area contributed by atoms with Gasteiger partial charge >= 0.3 is 6.09 Å². The van der Waals surface area contributed by atoms with Gasteiger partial charge in [0.05, 0.1) is 22.0 Å². The molecule has 0 fully saturated rings. The third kappa shape index (κ3) is 8.61. The zero-order valence-corrected chi connectivity index (χ0v) is 23.9. The van der Waals surface area contributed by atoms with Gasteiger partial charge < -0.3 is 25.6 Å². The molecule has 0 aliphatic heterocycles. The number of allylic oxidation sites excluding steroid dienone is 1. The first-order valence-corrected chi connectivity index (χ1v) is 13.5. The molecule has 3 rings (SSSR count). The normalized spacial score (nSPS) is 12.6. The first kappa shape index (κ1) is 29.2. The number of ether oxygens (including phenoxy) is 2. The number of hydrogen-bond donors (Lipinski definition) is 4. The lowest BCUT2D eigenvalue weighted by molar-refractivity contribution is -0.111. The average Bonchev–Trinajstić information content (AvgIpc) is 2.89. The molecule has 0 bridgehead atoms. The van der Waals surface area contributed by atoms with Gasteiger partial charge in [0.25, 0.3) is 0 Å². The Labute approximate surface area is 238 Å². The highest BCUT2D eigenvalue weighted by Gasteiger charge is 2.31. The highest BCUT2D eigenvalue weighted by atomic mass is 79.9. The molecule has 3 aromatic rings. The van der Waals surface area contributed by atoms with Gasteiger partial charge in [0.15, 0.2) is 6.10 Å². The highest BCUT2D eigenvalue weighted by Crippen LogP contribution is 2.39. The van der Waals surface area contributed by atoms with Gasteiger partial charge in [-0.15, -0.1) is 0 Å². The number of para-hydroxylation sites is 3. The fourth-order valence-corrected chi connectivity index (χ4v) is 4.96. The summed E-state index contributed by atoms with van der Waals surface area (Å²) in [4.78, 5) is 25.2. The first-order valence-electron chi connectivity index (χ1n) is 11.9. The molecule has 0 radical (unpaired) electrons. The van der Waals surface area contributed by atoms with Crippen molar-refractivity contribution in [3.05, 3.63) is 93.4 Å². The Morgan fingerprint density at radius 2 is 1.76 bits per heavy atom. The number of rotatable bonds is 11. The number of halogens is 2. The molecular formula is C28H29Br2N3O5. The van der Waals surface area contributed by atoms with Crippen LogP contribution in [0.15, 0.2) is 87.8 Å². The molecule has 200 valence electrons. The van der Waals surface area contributed by atoms with Crippen LogP contribution < -0.4 is 16.4 Å². The summed E-state index contributed by atoms with van der Waals surface area (Å²) in [6.45, 7) is 2.18. The fourth-order valence-electron chi connectivity index (χ4n) is 3.70. The van der Waals surface area contributed by atoms with E-state index in [9.17, 15) is 14.7 Å². The summed E-state index contributed by atoms with van der Waals surface area (Å²) < 4.78 is 12.9. The lowest BCUT2D eigenvalue weighted by Crippen LogP contribution is -2.29. The molecule has 2 atom stereocenters. The minimum Gasteiger partial charge on any atom is -0.506 e. The predicted molar refractivity (Wildman–Crippen MR) is 156 cm³/mol. The lowest BCUT2D eigenvalue weighted by atomic mass is 9.99. The van der Waals surface area contributed by atoms with E-state index in [0.29, 0.717) is 51.0 Å². The number of nitrogens with one attached hydrogen (secondary N) is 2. The van der Waals surface area contributed by atoms with Crippen LogP contribution in [-0.2, 0) is 14.3 Å². The standard InChI is InChI=1S/C28H29Br2N3O5/c1-2-37-24(14-8-9-15-25(34)33-23-13-7-6-12-22(23)31)27(20-16-18(29)17-21(30)26(20)35)38-28(36)32-19-10-4-3-5-11-19/h3-7,9-13,15-17,24,27,35H,2,8,14,31H2,1H3,(H,32,36)(H,33,34)/b15-9+/t24-,27-/m0/s1. The van der Waals surface area contributed by atoms with E-state index in [2.05, 4.69) is 42.5 Å². The van der Waals surface area contributed by atoms with Gasteiger partial charge in [-0.3, -0.25) is 10.1 Å². The van der Waals surface area contributed by atoms with Crippen LogP contribution in [0, 0.1) is 0 Å². The van der Waals surface area contributed by atoms with E-state index < -0.39 is 18.3 Å². The van der Waals surface area contributed by atoms with E-state index in [0.717, 1.165) is 0 Å². The molecule has 0 aromatic heterocycles. The number of carbonyl (C=O) groups excluding carboxylic acids is 2. The maximum atomic E-state index is 12.8. The van der Waals surface area contributed by atoms with Crippen LogP contribution in [0.2, 0.25) is 0 Å². The van der Waals surface area contributed by atoms with Crippen LogP contribution in [0.25, 0.3) is 0 Å². The number of aromatic hydroxyl groups is 1. The minimum absolute atomic E-state index is 0.0641. The lowest BCUT2D eigenvalue weighted by Gasteiger charge is -2.28. The molecule has 0 aliphatic rings. The Morgan fingerprint density at radius 3 is 2.47 bits per heavy atom. The van der Waals surface area contributed by atoms with Crippen molar-refractivity contribution < 1.29 is 24.2 Å². The topological polar surface area (TPSA) is 123 Å². The van der Waals surface area contributed by atoms with Crippen molar-refractivity contribution in [3.63, 3.8) is 0 Å². The van der Waals surface area contributed by atoms with Gasteiger partial charge in [0.2, 0.25) is 5.91 Å². The molecule has 0 aliphatic carbocycles. The number of carbonyl (C=O) groups is 2. The van der Waals surface area contributed by atoms with Gasteiger partial charge in [-0.1, -0.05) is 52.3 Å². The SMILES string of the molecule is CCO[C@@H](CC/C=C/C(=O)Nc1ccccc1N)[C@@H](OC(=O)Nc1ccccc1)c1cc(Br)cc(Br)c1O. The van der Waals surface area contributed by atoms with Gasteiger partial charge in [-0.2, -0.15) is 0 Å². The van der Waals surface area contributed by atoms with Crippen molar-refractivity contribution in [1.82, 2.24) is 0 Å². The monoisotopic (exact) mass is 645 g/mol. The van der Waals surface area contributed by atoms with Gasteiger partial charge in [-0.05, 0) is 78.2 Å². The molecule has 0 saturated carbocycles. The number of anilines is 3. The van der Waals surface area contributed by atoms with E-state index in [1.807, 2.05) is 13.0 Å². The second kappa shape index (κ2) is 14.6. The second-order valence-electron chi connectivity index (χ2n) is 8.19. The van der Waals surface area contributed by atoms with Crippen LogP contribution in [0.5, 0.6) is 5.75 Å². The van der Waals surface area contributed by atoms with Crippen LogP contribution >= 0.6 is 31.9 Å². The summed E-state index contributed by atoms with van der Waals surface area (Å²) in [6.07, 6.45) is 1.71. The molecule has 0 spiro atoms. The molecular weight excluding hydrogens is 618 g/mol. The fraction of sp³-hybridized carbons (Fsp3) is 0.214. The summed E-state index contributed by atoms with van der Waals surface area (Å²) in [5.74, 6) is -0.384. The zero-order chi connectivity index (χ0) is 27.5. The zero-order valence-electron chi connectivity index (χ0n) is 20.7. The van der Waals surface area contributed by atoms with Crippen molar-refractivity contribution in [2.24, 2.45) is 0 Å². The third-order valence-electron chi connectivity index (χ3n) is 5.44. The molecule has 0 heterocycles. The van der Waals surface area contributed by atoms with Gasteiger partial charge in [0, 0.05) is 22.3 Å². The van der Waals surface area contributed by atoms with Crippen LogP contribution in [0.1, 0.15) is 31.4 Å². The summed E-state index contributed by atoms with van der Waals surface area (Å²) in [5.41, 5.74) is 7.82. The summed E-state index contributed by atoms with van der Waals surface area (Å²) in [7, 11) is 0. The van der Waals surface area contributed by atoms with Crippen molar-refractivity contribution in [3.8, 4) is 5.75 Å². The molecule has 0 saturated heterocycles. The quantitative estimate of drug-likeness (QED) is 0.129. The van der Waals surface area contributed by atoms with E-state index in [1.54, 1.807) is 66.7 Å². The predicted octanol–water partition coefficient (Wildman–Crippen LogP) is 7.17. The van der Waals surface area contributed by atoms with E-state index in [-0.39, 0.29) is 11.7 Å². The van der Waals surface area contributed by atoms with Crippen LogP contribution in [0.4, 0.5) is 21.9 Å². The number of hydrogen-bond acceptors (Lipinski definition) is 6. The Balaban J connectivity index is 1.76. The number of phenolic OH excluding ortho intramolecular Hbond substituents is 1. The van der Waals surface area contributed by atoms with E-state index in [4.69, 9.17) is 15.2 Å². The van der Waals surface area contributed by atoms with Crippen LogP contribution in [0.3, 0.4) is 0 Å². The molecule has 5 N–H and O–H groups in total. The molecule has 8 nitrogen and oxygen atoms in total. The Morgan fingerprint density at radius 1 is 1.05 bits per heavy atom. The van der Waals surface area contributed by atoms with Crippen molar-refractivity contribution in [2.75, 3.05) is 23.0 Å². The Bertz CT molecular complexity index is 1270. The summed E-state index contributed by atoms with van der Waals surface area (Å²) in [6, 6.07) is 19.3. The number of phenols is 1. The van der Waals surface area contributed by atoms with Gasteiger partial charge in [-0.25, -0.2) is 4.79 Å². The van der Waals surface area contributed by atoms with Crippen molar-refractivity contribution in [1.29, 1.82) is 0 Å². The number of nitrogens with two attached hydrogens (primary N) is 1.